The van der Waals surface area contributed by atoms with E-state index in [1.165, 1.54) is 6.20 Å². The summed E-state index contributed by atoms with van der Waals surface area (Å²) in [6.45, 7) is 0.270. The number of rotatable bonds is 2. The van der Waals surface area contributed by atoms with Crippen LogP contribution in [0.1, 0.15) is 6.92 Å². The topological polar surface area (TPSA) is 44.0 Å². The van der Waals surface area contributed by atoms with Crippen LogP contribution >= 0.6 is 0 Å². The molecule has 7 heteroatoms. The maximum absolute atomic E-state index is 12.0. The average Bonchev–Trinajstić information content (AvgIpc) is 2.11. The lowest BCUT2D eigenvalue weighted by Gasteiger charge is -2.10. The second kappa shape index (κ2) is 3.92. The molecule has 0 N–H and O–H groups in total. The van der Waals surface area contributed by atoms with E-state index in [4.69, 9.17) is 0 Å². The fraction of sp³-hybridized carbons (Fsp3) is 0.500. The number of nitrogens with zero attached hydrogens (tertiary/aromatic N) is 2. The molecule has 0 atom stereocenters. The highest BCUT2D eigenvalue weighted by molar-refractivity contribution is 4.86. The molecule has 84 valence electrons. The number of aryl methyl sites for hydroxylation is 1. The monoisotopic (exact) mass is 222 g/mol. The van der Waals surface area contributed by atoms with Gasteiger partial charge in [0.1, 0.15) is 6.54 Å². The van der Waals surface area contributed by atoms with Crippen molar-refractivity contribution in [3.8, 4) is 0 Å². The Morgan fingerprint density at radius 3 is 2.40 bits per heavy atom. The van der Waals surface area contributed by atoms with Crippen LogP contribution in [0, 0.1) is 0 Å². The van der Waals surface area contributed by atoms with E-state index in [0.717, 1.165) is 10.6 Å². The second-order valence-corrected chi connectivity index (χ2v) is 2.92. The zero-order valence-electron chi connectivity index (χ0n) is 7.91. The predicted octanol–water partition coefficient (Wildman–Crippen LogP) is 0.592. The van der Waals surface area contributed by atoms with Gasteiger partial charge in [0.15, 0.2) is 0 Å². The maximum atomic E-state index is 12.0. The van der Waals surface area contributed by atoms with Crippen molar-refractivity contribution in [2.75, 3.05) is 0 Å². The van der Waals surface area contributed by atoms with Crippen LogP contribution in [0.3, 0.4) is 0 Å². The average molecular weight is 222 g/mol. The summed E-state index contributed by atoms with van der Waals surface area (Å²) in [6.07, 6.45) is -3.40. The highest BCUT2D eigenvalue weighted by atomic mass is 19.4. The van der Waals surface area contributed by atoms with Crippen molar-refractivity contribution in [3.63, 3.8) is 0 Å². The molecule has 0 radical (unpaired) electrons. The molecule has 1 aromatic rings. The molecule has 0 saturated carbocycles. The van der Waals surface area contributed by atoms with Crippen LogP contribution in [-0.4, -0.2) is 15.3 Å². The van der Waals surface area contributed by atoms with Crippen LogP contribution in [-0.2, 0) is 13.1 Å². The molecule has 0 aliphatic rings. The first-order chi connectivity index (χ1) is 6.85. The van der Waals surface area contributed by atoms with Gasteiger partial charge in [-0.3, -0.25) is 9.36 Å². The Bertz CT molecular complexity index is 458. The first kappa shape index (κ1) is 11.5. The van der Waals surface area contributed by atoms with E-state index >= 15 is 0 Å². The van der Waals surface area contributed by atoms with E-state index < -0.39 is 24.0 Å². The highest BCUT2D eigenvalue weighted by Gasteiger charge is 2.29. The van der Waals surface area contributed by atoms with Gasteiger partial charge in [0.05, 0.1) is 0 Å². The fourth-order valence-corrected chi connectivity index (χ4v) is 1.12. The second-order valence-electron chi connectivity index (χ2n) is 2.92. The van der Waals surface area contributed by atoms with Crippen LogP contribution in [0.4, 0.5) is 13.2 Å². The third-order valence-electron chi connectivity index (χ3n) is 1.82. The van der Waals surface area contributed by atoms with Gasteiger partial charge >= 0.3 is 11.9 Å². The van der Waals surface area contributed by atoms with Gasteiger partial charge in [0.25, 0.3) is 5.56 Å². The summed E-state index contributed by atoms with van der Waals surface area (Å²) in [7, 11) is 0. The molecule has 0 amide bonds. The molecule has 1 rings (SSSR count). The zero-order valence-corrected chi connectivity index (χ0v) is 7.91. The summed E-state index contributed by atoms with van der Waals surface area (Å²) in [5.74, 6) is 0. The van der Waals surface area contributed by atoms with Gasteiger partial charge in [0.2, 0.25) is 0 Å². The van der Waals surface area contributed by atoms with Crippen molar-refractivity contribution >= 4 is 0 Å². The minimum Gasteiger partial charge on any atom is -0.301 e. The van der Waals surface area contributed by atoms with Gasteiger partial charge in [-0.25, -0.2) is 4.79 Å². The summed E-state index contributed by atoms with van der Waals surface area (Å²) in [5.41, 5.74) is -1.88. The Balaban J connectivity index is 3.28. The van der Waals surface area contributed by atoms with E-state index in [0.29, 0.717) is 0 Å². The number of hydrogen-bond donors (Lipinski definition) is 0. The molecule has 15 heavy (non-hydrogen) atoms. The quantitative estimate of drug-likeness (QED) is 0.735. The maximum Gasteiger partial charge on any atom is 0.406 e. The standard InChI is InChI=1S/C8H9F3N2O2/c1-2-12-4-3-6(14)13(7(12)15)5-8(9,10)11/h3-4H,2,5H2,1H3. The summed E-state index contributed by atoms with van der Waals surface area (Å²) < 4.78 is 37.3. The third kappa shape index (κ3) is 2.71. The Hall–Kier alpha value is -1.53. The molecular weight excluding hydrogens is 213 g/mol. The van der Waals surface area contributed by atoms with Crippen LogP contribution < -0.4 is 11.2 Å². The first-order valence-corrected chi connectivity index (χ1v) is 4.22. The predicted molar refractivity (Wildman–Crippen MR) is 46.7 cm³/mol. The number of alkyl halides is 3. The van der Waals surface area contributed by atoms with Gasteiger partial charge < -0.3 is 4.57 Å². The van der Waals surface area contributed by atoms with Crippen molar-refractivity contribution in [1.82, 2.24) is 9.13 Å². The van der Waals surface area contributed by atoms with E-state index in [1.54, 1.807) is 6.92 Å². The van der Waals surface area contributed by atoms with Gasteiger partial charge in [-0.15, -0.1) is 0 Å². The van der Waals surface area contributed by atoms with Crippen molar-refractivity contribution in [2.24, 2.45) is 0 Å². The lowest BCUT2D eigenvalue weighted by Crippen LogP contribution is -2.42. The Morgan fingerprint density at radius 2 is 1.93 bits per heavy atom. The lowest BCUT2D eigenvalue weighted by molar-refractivity contribution is -0.142. The Kier molecular flexibility index (Phi) is 3.01. The van der Waals surface area contributed by atoms with Crippen molar-refractivity contribution < 1.29 is 13.2 Å². The molecule has 0 unspecified atom stereocenters. The number of hydrogen-bond acceptors (Lipinski definition) is 2. The molecule has 0 aromatic carbocycles. The largest absolute Gasteiger partial charge is 0.406 e. The number of aromatic nitrogens is 2. The summed E-state index contributed by atoms with van der Waals surface area (Å²) in [5, 5.41) is 0. The summed E-state index contributed by atoms with van der Waals surface area (Å²) in [6, 6.07) is 0.941. The smallest absolute Gasteiger partial charge is 0.301 e. The fourth-order valence-electron chi connectivity index (χ4n) is 1.12. The Morgan fingerprint density at radius 1 is 1.33 bits per heavy atom. The van der Waals surface area contributed by atoms with E-state index in [2.05, 4.69) is 0 Å². The van der Waals surface area contributed by atoms with Crippen LogP contribution in [0.2, 0.25) is 0 Å². The molecule has 0 saturated heterocycles. The van der Waals surface area contributed by atoms with Crippen molar-refractivity contribution in [1.29, 1.82) is 0 Å². The van der Waals surface area contributed by atoms with E-state index in [1.807, 2.05) is 0 Å². The summed E-state index contributed by atoms with van der Waals surface area (Å²) in [4.78, 5) is 22.4. The van der Waals surface area contributed by atoms with E-state index in [9.17, 15) is 22.8 Å². The van der Waals surface area contributed by atoms with Gasteiger partial charge in [-0.2, -0.15) is 13.2 Å². The van der Waals surface area contributed by atoms with Gasteiger partial charge in [-0.05, 0) is 6.92 Å². The third-order valence-corrected chi connectivity index (χ3v) is 1.82. The minimum absolute atomic E-state index is 0.170. The van der Waals surface area contributed by atoms with Crippen LogP contribution in [0.5, 0.6) is 0 Å². The van der Waals surface area contributed by atoms with Crippen LogP contribution in [0.25, 0.3) is 0 Å². The molecule has 0 aliphatic heterocycles. The molecule has 1 heterocycles. The number of halogens is 3. The molecular formula is C8H9F3N2O2. The molecule has 0 aliphatic carbocycles. The van der Waals surface area contributed by atoms with Crippen molar-refractivity contribution in [2.45, 2.75) is 26.2 Å². The van der Waals surface area contributed by atoms with Gasteiger partial charge in [0, 0.05) is 18.8 Å². The lowest BCUT2D eigenvalue weighted by atomic mass is 10.5. The first-order valence-electron chi connectivity index (χ1n) is 4.22. The highest BCUT2D eigenvalue weighted by Crippen LogP contribution is 2.15. The molecule has 0 fully saturated rings. The molecule has 0 spiro atoms. The summed E-state index contributed by atoms with van der Waals surface area (Å²) >= 11 is 0. The zero-order chi connectivity index (χ0) is 11.6. The molecule has 0 bridgehead atoms. The SMILES string of the molecule is CCn1ccc(=O)n(CC(F)(F)F)c1=O. The van der Waals surface area contributed by atoms with Gasteiger partial charge in [-0.1, -0.05) is 0 Å². The van der Waals surface area contributed by atoms with E-state index in [-0.39, 0.29) is 11.1 Å². The van der Waals surface area contributed by atoms with Crippen LogP contribution in [0.15, 0.2) is 21.9 Å². The van der Waals surface area contributed by atoms with Crippen molar-refractivity contribution in [3.05, 3.63) is 33.1 Å². The Labute approximate surface area is 82.6 Å². The molecule has 4 nitrogen and oxygen atoms in total. The minimum atomic E-state index is -4.57. The molecule has 1 aromatic heterocycles. The normalized spacial score (nSPS) is 11.7.